The van der Waals surface area contributed by atoms with Gasteiger partial charge in [-0.1, -0.05) is 35.3 Å². The summed E-state index contributed by atoms with van der Waals surface area (Å²) in [5.41, 5.74) is 1.63. The van der Waals surface area contributed by atoms with Gasteiger partial charge < -0.3 is 5.32 Å². The molecule has 24 heavy (non-hydrogen) atoms. The molecule has 1 atom stereocenters. The zero-order valence-corrected chi connectivity index (χ0v) is 14.7. The molecule has 1 aliphatic heterocycles. The number of rotatable bonds is 5. The van der Waals surface area contributed by atoms with E-state index in [1.807, 2.05) is 18.2 Å². The molecule has 0 radical (unpaired) electrons. The SMILES string of the molecule is O=C(NCC(c1cccc(Cl)c1)N1CCCC1)c1ccc(Cl)nc1. The number of hydrogen-bond donors (Lipinski definition) is 1. The van der Waals surface area contributed by atoms with Crippen molar-refractivity contribution in [2.75, 3.05) is 19.6 Å². The summed E-state index contributed by atoms with van der Waals surface area (Å²) in [5.74, 6) is -0.148. The zero-order chi connectivity index (χ0) is 16.9. The molecule has 1 amide bonds. The molecule has 0 bridgehead atoms. The fraction of sp³-hybridized carbons (Fsp3) is 0.333. The molecule has 0 saturated carbocycles. The monoisotopic (exact) mass is 363 g/mol. The summed E-state index contributed by atoms with van der Waals surface area (Å²) in [6.45, 7) is 2.60. The average Bonchev–Trinajstić information content (AvgIpc) is 3.10. The highest BCUT2D eigenvalue weighted by molar-refractivity contribution is 6.30. The van der Waals surface area contributed by atoms with Crippen molar-refractivity contribution in [2.45, 2.75) is 18.9 Å². The van der Waals surface area contributed by atoms with Gasteiger partial charge >= 0.3 is 0 Å². The van der Waals surface area contributed by atoms with Gasteiger partial charge in [0.2, 0.25) is 0 Å². The summed E-state index contributed by atoms with van der Waals surface area (Å²) < 4.78 is 0. The lowest BCUT2D eigenvalue weighted by Crippen LogP contribution is -2.36. The highest BCUT2D eigenvalue weighted by Crippen LogP contribution is 2.26. The number of nitrogens with one attached hydrogen (secondary N) is 1. The Morgan fingerprint density at radius 1 is 1.21 bits per heavy atom. The van der Waals surface area contributed by atoms with Gasteiger partial charge in [0.1, 0.15) is 5.15 Å². The lowest BCUT2D eigenvalue weighted by atomic mass is 10.1. The highest BCUT2D eigenvalue weighted by atomic mass is 35.5. The molecule has 2 aromatic rings. The van der Waals surface area contributed by atoms with Crippen LogP contribution in [0, 0.1) is 0 Å². The maximum absolute atomic E-state index is 12.3. The Labute approximate surface area is 151 Å². The number of pyridine rings is 1. The molecule has 1 N–H and O–H groups in total. The van der Waals surface area contributed by atoms with Crippen LogP contribution in [0.5, 0.6) is 0 Å². The fourth-order valence-corrected chi connectivity index (χ4v) is 3.34. The first-order valence-corrected chi connectivity index (χ1v) is 8.78. The first kappa shape index (κ1) is 17.2. The van der Waals surface area contributed by atoms with E-state index in [1.165, 1.54) is 19.0 Å². The lowest BCUT2D eigenvalue weighted by molar-refractivity contribution is 0.0937. The fourth-order valence-electron chi connectivity index (χ4n) is 3.03. The van der Waals surface area contributed by atoms with E-state index in [4.69, 9.17) is 23.2 Å². The van der Waals surface area contributed by atoms with Crippen LogP contribution < -0.4 is 5.32 Å². The number of hydrogen-bond acceptors (Lipinski definition) is 3. The van der Waals surface area contributed by atoms with Crippen molar-refractivity contribution in [2.24, 2.45) is 0 Å². The molecule has 4 nitrogen and oxygen atoms in total. The van der Waals surface area contributed by atoms with E-state index in [0.717, 1.165) is 18.7 Å². The molecular weight excluding hydrogens is 345 g/mol. The van der Waals surface area contributed by atoms with Gasteiger partial charge in [0.05, 0.1) is 11.6 Å². The number of aromatic nitrogens is 1. The molecule has 0 aliphatic carbocycles. The number of amides is 1. The number of likely N-dealkylation sites (tertiary alicyclic amines) is 1. The molecule has 1 aromatic heterocycles. The average molecular weight is 364 g/mol. The van der Waals surface area contributed by atoms with Crippen molar-refractivity contribution >= 4 is 29.1 Å². The highest BCUT2D eigenvalue weighted by Gasteiger charge is 2.24. The Hall–Kier alpha value is -1.62. The molecule has 1 saturated heterocycles. The van der Waals surface area contributed by atoms with Crippen molar-refractivity contribution < 1.29 is 4.79 Å². The van der Waals surface area contributed by atoms with Crippen LogP contribution >= 0.6 is 23.2 Å². The summed E-state index contributed by atoms with van der Waals surface area (Å²) in [4.78, 5) is 18.7. The zero-order valence-electron chi connectivity index (χ0n) is 13.2. The minimum atomic E-state index is -0.148. The van der Waals surface area contributed by atoms with Gasteiger partial charge in [0.25, 0.3) is 5.91 Å². The molecular formula is C18H19Cl2N3O. The minimum absolute atomic E-state index is 0.121. The summed E-state index contributed by atoms with van der Waals surface area (Å²) in [6.07, 6.45) is 3.86. The predicted octanol–water partition coefficient (Wildman–Crippen LogP) is 3.96. The van der Waals surface area contributed by atoms with Crippen molar-refractivity contribution in [1.82, 2.24) is 15.2 Å². The van der Waals surface area contributed by atoms with Crippen molar-refractivity contribution in [3.05, 3.63) is 63.9 Å². The van der Waals surface area contributed by atoms with Gasteiger partial charge in [0, 0.05) is 17.8 Å². The Morgan fingerprint density at radius 2 is 2.00 bits per heavy atom. The second kappa shape index (κ2) is 7.97. The van der Waals surface area contributed by atoms with Gasteiger partial charge in [-0.2, -0.15) is 0 Å². The van der Waals surface area contributed by atoms with Gasteiger partial charge in [0.15, 0.2) is 0 Å². The topological polar surface area (TPSA) is 45.2 Å². The van der Waals surface area contributed by atoms with Crippen LogP contribution in [0.3, 0.4) is 0 Å². The van der Waals surface area contributed by atoms with Gasteiger partial charge in [-0.3, -0.25) is 9.69 Å². The van der Waals surface area contributed by atoms with Crippen LogP contribution in [0.1, 0.15) is 34.8 Å². The third kappa shape index (κ3) is 4.26. The van der Waals surface area contributed by atoms with E-state index < -0.39 is 0 Å². The first-order valence-electron chi connectivity index (χ1n) is 8.03. The summed E-state index contributed by atoms with van der Waals surface area (Å²) in [5, 5.41) is 4.09. The van der Waals surface area contributed by atoms with E-state index in [1.54, 1.807) is 12.1 Å². The summed E-state index contributed by atoms with van der Waals surface area (Å²) in [6, 6.07) is 11.3. The van der Waals surface area contributed by atoms with Crippen molar-refractivity contribution in [1.29, 1.82) is 0 Å². The molecule has 1 fully saturated rings. The molecule has 0 spiro atoms. The second-order valence-electron chi connectivity index (χ2n) is 5.89. The van der Waals surface area contributed by atoms with Crippen LogP contribution in [0.15, 0.2) is 42.6 Å². The smallest absolute Gasteiger partial charge is 0.252 e. The number of nitrogens with zero attached hydrogens (tertiary/aromatic N) is 2. The van der Waals surface area contributed by atoms with Crippen LogP contribution in [0.4, 0.5) is 0 Å². The molecule has 1 aliphatic rings. The van der Waals surface area contributed by atoms with Crippen molar-refractivity contribution in [3.63, 3.8) is 0 Å². The molecule has 126 valence electrons. The van der Waals surface area contributed by atoms with E-state index in [0.29, 0.717) is 22.3 Å². The molecule has 2 heterocycles. The van der Waals surface area contributed by atoms with E-state index in [2.05, 4.69) is 21.3 Å². The summed E-state index contributed by atoms with van der Waals surface area (Å²) >= 11 is 11.9. The third-order valence-corrected chi connectivity index (χ3v) is 4.72. The van der Waals surface area contributed by atoms with E-state index in [-0.39, 0.29) is 11.9 Å². The Kier molecular flexibility index (Phi) is 5.72. The van der Waals surface area contributed by atoms with Crippen LogP contribution in [0.2, 0.25) is 10.2 Å². The van der Waals surface area contributed by atoms with Crippen LogP contribution in [-0.4, -0.2) is 35.4 Å². The normalized spacial score (nSPS) is 16.1. The number of benzene rings is 1. The lowest BCUT2D eigenvalue weighted by Gasteiger charge is -2.28. The van der Waals surface area contributed by atoms with Gasteiger partial charge in [-0.25, -0.2) is 4.98 Å². The second-order valence-corrected chi connectivity index (χ2v) is 6.72. The molecule has 1 unspecified atom stereocenters. The van der Waals surface area contributed by atoms with Crippen molar-refractivity contribution in [3.8, 4) is 0 Å². The number of carbonyl (C=O) groups excluding carboxylic acids is 1. The van der Waals surface area contributed by atoms with E-state index in [9.17, 15) is 4.79 Å². The standard InChI is InChI=1S/C18H19Cl2N3O/c19-15-5-3-4-13(10-15)16(23-8-1-2-9-23)12-22-18(24)14-6-7-17(20)21-11-14/h3-7,10-11,16H,1-2,8-9,12H2,(H,22,24). The maximum atomic E-state index is 12.3. The largest absolute Gasteiger partial charge is 0.350 e. The Bertz CT molecular complexity index is 700. The molecule has 1 aromatic carbocycles. The Morgan fingerprint density at radius 3 is 2.67 bits per heavy atom. The third-order valence-electron chi connectivity index (χ3n) is 4.26. The maximum Gasteiger partial charge on any atom is 0.252 e. The van der Waals surface area contributed by atoms with Gasteiger partial charge in [-0.05, 0) is 55.8 Å². The van der Waals surface area contributed by atoms with Gasteiger partial charge in [-0.15, -0.1) is 0 Å². The summed E-state index contributed by atoms with van der Waals surface area (Å²) in [7, 11) is 0. The molecule has 6 heteroatoms. The van der Waals surface area contributed by atoms with Crippen LogP contribution in [-0.2, 0) is 0 Å². The number of halogens is 2. The predicted molar refractivity (Wildman–Crippen MR) is 96.6 cm³/mol. The Balaban J connectivity index is 1.72. The molecule has 3 rings (SSSR count). The number of carbonyl (C=O) groups is 1. The van der Waals surface area contributed by atoms with Crippen LogP contribution in [0.25, 0.3) is 0 Å². The quantitative estimate of drug-likeness (QED) is 0.817. The first-order chi connectivity index (χ1) is 11.6. The minimum Gasteiger partial charge on any atom is -0.350 e. The van der Waals surface area contributed by atoms with E-state index >= 15 is 0 Å².